The van der Waals surface area contributed by atoms with Gasteiger partial charge in [-0.1, -0.05) is 18.2 Å². The fourth-order valence-electron chi connectivity index (χ4n) is 2.74. The van der Waals surface area contributed by atoms with Crippen molar-refractivity contribution in [3.05, 3.63) is 48.0 Å². The van der Waals surface area contributed by atoms with Gasteiger partial charge in [0.2, 0.25) is 0 Å². The molecule has 1 aliphatic heterocycles. The molecule has 1 fully saturated rings. The highest BCUT2D eigenvalue weighted by Gasteiger charge is 2.17. The number of carbonyl (C=O) groups excluding carboxylic acids is 1. The number of aliphatic hydroxyl groups excluding tert-OH is 1. The molecule has 0 spiro atoms. The normalized spacial score (nSPS) is 18.1. The second-order valence-corrected chi connectivity index (χ2v) is 5.96. The van der Waals surface area contributed by atoms with Crippen LogP contribution in [0.25, 0.3) is 0 Å². The summed E-state index contributed by atoms with van der Waals surface area (Å²) >= 11 is 0. The third-order valence-corrected chi connectivity index (χ3v) is 4.03. The zero-order valence-corrected chi connectivity index (χ0v) is 13.7. The van der Waals surface area contributed by atoms with E-state index in [0.29, 0.717) is 12.2 Å². The van der Waals surface area contributed by atoms with Gasteiger partial charge < -0.3 is 20.5 Å². The van der Waals surface area contributed by atoms with Crippen LogP contribution in [0.2, 0.25) is 0 Å². The van der Waals surface area contributed by atoms with Crippen molar-refractivity contribution in [3.8, 4) is 0 Å². The van der Waals surface area contributed by atoms with Crippen molar-refractivity contribution < 1.29 is 19.0 Å². The molecule has 1 aromatic carbocycles. The number of aliphatic hydroxyl groups is 1. The Labute approximate surface area is 144 Å². The van der Waals surface area contributed by atoms with Crippen molar-refractivity contribution in [2.24, 2.45) is 0 Å². The van der Waals surface area contributed by atoms with Crippen LogP contribution >= 0.6 is 0 Å². The molecule has 2 atom stereocenters. The molecule has 2 amide bonds. The van der Waals surface area contributed by atoms with Crippen LogP contribution in [0.4, 0.5) is 14.9 Å². The van der Waals surface area contributed by atoms with Crippen LogP contribution in [0.1, 0.15) is 24.5 Å². The number of carbonyl (C=O) groups is 1. The van der Waals surface area contributed by atoms with Gasteiger partial charge in [-0.25, -0.2) is 9.18 Å². The van der Waals surface area contributed by atoms with Crippen molar-refractivity contribution in [2.75, 3.05) is 18.5 Å². The first-order chi connectivity index (χ1) is 12.1. The minimum absolute atomic E-state index is 0.100. The quantitative estimate of drug-likeness (QED) is 0.745. The lowest BCUT2D eigenvalue weighted by atomic mass is 10.1. The lowest BCUT2D eigenvalue weighted by Gasteiger charge is -2.13. The molecular weight excluding hydrogens is 327 g/mol. The van der Waals surface area contributed by atoms with E-state index in [0.717, 1.165) is 19.4 Å². The Morgan fingerprint density at radius 2 is 2.32 bits per heavy atom. The maximum atomic E-state index is 13.6. The fourth-order valence-corrected chi connectivity index (χ4v) is 2.74. The summed E-state index contributed by atoms with van der Waals surface area (Å²) in [6.45, 7) is 1.33. The van der Waals surface area contributed by atoms with Crippen LogP contribution in [0.5, 0.6) is 0 Å². The highest BCUT2D eigenvalue weighted by atomic mass is 19.1. The zero-order chi connectivity index (χ0) is 17.6. The van der Waals surface area contributed by atoms with Crippen LogP contribution in [0.3, 0.4) is 0 Å². The molecular formula is C17H21FN4O3. The number of amides is 2. The molecule has 25 heavy (non-hydrogen) atoms. The number of hydrogen-bond donors (Lipinski definition) is 3. The Bertz CT molecular complexity index is 715. The molecule has 7 nitrogen and oxygen atoms in total. The van der Waals surface area contributed by atoms with Crippen LogP contribution in [-0.4, -0.2) is 40.2 Å². The van der Waals surface area contributed by atoms with Gasteiger partial charge in [-0.15, -0.1) is 0 Å². The van der Waals surface area contributed by atoms with Crippen molar-refractivity contribution >= 4 is 11.7 Å². The number of hydrogen-bond acceptors (Lipinski definition) is 4. The van der Waals surface area contributed by atoms with Crippen molar-refractivity contribution in [3.63, 3.8) is 0 Å². The monoisotopic (exact) mass is 348 g/mol. The van der Waals surface area contributed by atoms with E-state index in [1.807, 2.05) is 0 Å². The first-order valence-corrected chi connectivity index (χ1v) is 8.23. The molecule has 3 rings (SSSR count). The van der Waals surface area contributed by atoms with E-state index in [9.17, 15) is 14.3 Å². The second-order valence-electron chi connectivity index (χ2n) is 5.96. The summed E-state index contributed by atoms with van der Waals surface area (Å²) in [7, 11) is 0. The summed E-state index contributed by atoms with van der Waals surface area (Å²) < 4.78 is 20.8. The minimum atomic E-state index is -1.12. The van der Waals surface area contributed by atoms with Gasteiger partial charge >= 0.3 is 6.03 Å². The van der Waals surface area contributed by atoms with Gasteiger partial charge in [0.05, 0.1) is 30.6 Å². The summed E-state index contributed by atoms with van der Waals surface area (Å²) in [5, 5.41) is 19.3. The molecule has 0 aliphatic carbocycles. The second kappa shape index (κ2) is 8.09. The Kier molecular flexibility index (Phi) is 5.62. The molecule has 0 saturated carbocycles. The number of nitrogens with one attached hydrogen (secondary N) is 2. The molecule has 1 aromatic heterocycles. The molecule has 134 valence electrons. The van der Waals surface area contributed by atoms with Gasteiger partial charge in [0.15, 0.2) is 0 Å². The summed E-state index contributed by atoms with van der Waals surface area (Å²) in [6, 6.07) is 5.42. The van der Waals surface area contributed by atoms with E-state index in [2.05, 4.69) is 15.7 Å². The Morgan fingerprint density at radius 1 is 1.48 bits per heavy atom. The third kappa shape index (κ3) is 4.77. The standard InChI is InChI=1S/C17H21FN4O3/c18-15-6-2-1-5-14(15)16(23)9-19-17(24)21-12-8-20-22(10-12)11-13-4-3-7-25-13/h1-2,5-6,8,10,13,16,23H,3-4,7,9,11H2,(H2,19,21,24)/t13-,16-/m0/s1. The molecule has 1 saturated heterocycles. The van der Waals surface area contributed by atoms with E-state index in [1.165, 1.54) is 12.1 Å². The average Bonchev–Trinajstić information content (AvgIpc) is 3.26. The topological polar surface area (TPSA) is 88.4 Å². The van der Waals surface area contributed by atoms with Gasteiger partial charge in [-0.3, -0.25) is 4.68 Å². The Hall–Kier alpha value is -2.45. The summed E-state index contributed by atoms with van der Waals surface area (Å²) in [4.78, 5) is 11.9. The van der Waals surface area contributed by atoms with E-state index < -0.39 is 18.0 Å². The van der Waals surface area contributed by atoms with Crippen LogP contribution in [-0.2, 0) is 11.3 Å². The lowest BCUT2D eigenvalue weighted by Crippen LogP contribution is -2.32. The molecule has 2 aromatic rings. The summed E-state index contributed by atoms with van der Waals surface area (Å²) in [5.74, 6) is -0.507. The van der Waals surface area contributed by atoms with E-state index in [1.54, 1.807) is 29.2 Å². The Morgan fingerprint density at radius 3 is 3.08 bits per heavy atom. The van der Waals surface area contributed by atoms with E-state index >= 15 is 0 Å². The lowest BCUT2D eigenvalue weighted by molar-refractivity contribution is 0.0940. The summed E-state index contributed by atoms with van der Waals surface area (Å²) in [6.07, 6.45) is 4.38. The average molecular weight is 348 g/mol. The van der Waals surface area contributed by atoms with Crippen molar-refractivity contribution in [1.29, 1.82) is 0 Å². The van der Waals surface area contributed by atoms with Gasteiger partial charge in [0, 0.05) is 24.9 Å². The predicted octanol–water partition coefficient (Wildman–Crippen LogP) is 2.06. The third-order valence-electron chi connectivity index (χ3n) is 4.03. The highest BCUT2D eigenvalue weighted by molar-refractivity contribution is 5.88. The number of anilines is 1. The maximum Gasteiger partial charge on any atom is 0.319 e. The number of ether oxygens (including phenoxy) is 1. The SMILES string of the molecule is O=C(NC[C@H](O)c1ccccc1F)Nc1cnn(C[C@@H]2CCCO2)c1. The maximum absolute atomic E-state index is 13.6. The molecule has 2 heterocycles. The molecule has 0 unspecified atom stereocenters. The number of nitrogens with zero attached hydrogens (tertiary/aromatic N) is 2. The molecule has 3 N–H and O–H groups in total. The van der Waals surface area contributed by atoms with E-state index in [-0.39, 0.29) is 18.2 Å². The van der Waals surface area contributed by atoms with Crippen LogP contribution < -0.4 is 10.6 Å². The fraction of sp³-hybridized carbons (Fsp3) is 0.412. The van der Waals surface area contributed by atoms with Crippen molar-refractivity contribution in [2.45, 2.75) is 31.6 Å². The highest BCUT2D eigenvalue weighted by Crippen LogP contribution is 2.16. The van der Waals surface area contributed by atoms with Gasteiger partial charge in [0.25, 0.3) is 0 Å². The smallest absolute Gasteiger partial charge is 0.319 e. The zero-order valence-electron chi connectivity index (χ0n) is 13.7. The Balaban J connectivity index is 1.46. The van der Waals surface area contributed by atoms with Crippen LogP contribution in [0.15, 0.2) is 36.7 Å². The summed E-state index contributed by atoms with van der Waals surface area (Å²) in [5.41, 5.74) is 0.683. The van der Waals surface area contributed by atoms with Gasteiger partial charge in [-0.2, -0.15) is 5.10 Å². The predicted molar refractivity (Wildman–Crippen MR) is 89.6 cm³/mol. The molecule has 0 radical (unpaired) electrons. The largest absolute Gasteiger partial charge is 0.386 e. The first-order valence-electron chi connectivity index (χ1n) is 8.23. The van der Waals surface area contributed by atoms with Crippen molar-refractivity contribution in [1.82, 2.24) is 15.1 Å². The number of benzene rings is 1. The number of halogens is 1. The molecule has 8 heteroatoms. The van der Waals surface area contributed by atoms with Crippen LogP contribution in [0, 0.1) is 5.82 Å². The number of aromatic nitrogens is 2. The molecule has 1 aliphatic rings. The molecule has 0 bridgehead atoms. The minimum Gasteiger partial charge on any atom is -0.386 e. The van der Waals surface area contributed by atoms with Gasteiger partial charge in [-0.05, 0) is 18.9 Å². The number of rotatable bonds is 6. The van der Waals surface area contributed by atoms with E-state index in [4.69, 9.17) is 4.74 Å². The van der Waals surface area contributed by atoms with Gasteiger partial charge in [0.1, 0.15) is 5.82 Å². The first kappa shape index (κ1) is 17.4. The number of urea groups is 1.